The Morgan fingerprint density at radius 3 is 2.91 bits per heavy atom. The van der Waals surface area contributed by atoms with Crippen molar-refractivity contribution in [1.29, 1.82) is 0 Å². The lowest BCUT2D eigenvalue weighted by atomic mass is 10.1. The summed E-state index contributed by atoms with van der Waals surface area (Å²) < 4.78 is 5.98. The van der Waals surface area contributed by atoms with Gasteiger partial charge in [0.05, 0.1) is 5.69 Å². The highest BCUT2D eigenvalue weighted by Crippen LogP contribution is 2.41. The summed E-state index contributed by atoms with van der Waals surface area (Å²) in [6.45, 7) is 0.696. The average Bonchev–Trinajstić information content (AvgIpc) is 2.93. The number of nitrogens with zero attached hydrogens (tertiary/aromatic N) is 1. The lowest BCUT2D eigenvalue weighted by molar-refractivity contribution is 0.509. The highest BCUT2D eigenvalue weighted by atomic mass is 35.5. The molecule has 0 aromatic carbocycles. The molecule has 4 nitrogen and oxygen atoms in total. The second kappa shape index (κ2) is 5.67. The van der Waals surface area contributed by atoms with Crippen LogP contribution >= 0.6 is 34.5 Å². The molecule has 0 aliphatic heterocycles. The molecule has 0 atom stereocenters. The van der Waals surface area contributed by atoms with E-state index in [2.05, 4.69) is 16.4 Å². The number of furan rings is 1. The van der Waals surface area contributed by atoms with E-state index in [-0.39, 0.29) is 5.54 Å². The van der Waals surface area contributed by atoms with Crippen LogP contribution in [-0.2, 0) is 13.0 Å². The van der Waals surface area contributed by atoms with E-state index < -0.39 is 0 Å². The first-order valence-corrected chi connectivity index (χ1v) is 9.00. The fraction of sp³-hybridized carbons (Fsp3) is 0.312. The molecule has 3 heterocycles. The molecule has 4 rings (SSSR count). The third-order valence-corrected chi connectivity index (χ3v) is 5.52. The zero-order valence-electron chi connectivity index (χ0n) is 12.2. The summed E-state index contributed by atoms with van der Waals surface area (Å²) >= 11 is 14.3. The maximum atomic E-state index is 6.44. The first kappa shape index (κ1) is 15.3. The number of hydrogen-bond donors (Lipinski definition) is 2. The van der Waals surface area contributed by atoms with Gasteiger partial charge in [-0.3, -0.25) is 0 Å². The highest BCUT2D eigenvalue weighted by Gasteiger charge is 2.40. The molecular formula is C16H15Cl2N3OS. The molecule has 0 unspecified atom stereocenters. The van der Waals surface area contributed by atoms with Crippen LogP contribution in [0, 0.1) is 0 Å². The molecule has 1 fully saturated rings. The summed E-state index contributed by atoms with van der Waals surface area (Å²) in [5.41, 5.74) is 8.03. The summed E-state index contributed by atoms with van der Waals surface area (Å²) in [4.78, 5) is 5.54. The molecule has 1 aliphatic rings. The van der Waals surface area contributed by atoms with Crippen LogP contribution in [0.15, 0.2) is 28.0 Å². The third-order valence-electron chi connectivity index (χ3n) is 4.06. The van der Waals surface area contributed by atoms with Gasteiger partial charge in [0.1, 0.15) is 21.5 Å². The summed E-state index contributed by atoms with van der Waals surface area (Å²) in [6, 6.07) is 5.86. The van der Waals surface area contributed by atoms with E-state index in [1.165, 1.54) is 4.88 Å². The summed E-state index contributed by atoms with van der Waals surface area (Å²) in [5.74, 6) is 0.690. The number of aromatic nitrogens is 1. The number of nitrogens with two attached hydrogens (primary N) is 1. The molecule has 1 aliphatic carbocycles. The van der Waals surface area contributed by atoms with Gasteiger partial charge in [0, 0.05) is 29.4 Å². The number of pyridine rings is 1. The Bertz CT molecular complexity index is 856. The zero-order valence-corrected chi connectivity index (χ0v) is 14.6. The van der Waals surface area contributed by atoms with Gasteiger partial charge in [-0.2, -0.15) is 0 Å². The third kappa shape index (κ3) is 3.06. The molecule has 0 amide bonds. The van der Waals surface area contributed by atoms with E-state index in [4.69, 9.17) is 33.4 Å². The van der Waals surface area contributed by atoms with Gasteiger partial charge in [-0.25, -0.2) is 4.98 Å². The lowest BCUT2D eigenvalue weighted by Crippen LogP contribution is -2.24. The molecule has 1 saturated carbocycles. The maximum Gasteiger partial charge on any atom is 0.177 e. The van der Waals surface area contributed by atoms with Crippen molar-refractivity contribution < 1.29 is 4.42 Å². The molecule has 3 aromatic rings. The minimum Gasteiger partial charge on any atom is -0.455 e. The number of anilines is 1. The molecule has 23 heavy (non-hydrogen) atoms. The van der Waals surface area contributed by atoms with Crippen molar-refractivity contribution in [2.75, 3.05) is 5.32 Å². The Kier molecular flexibility index (Phi) is 3.76. The first-order chi connectivity index (χ1) is 11.0. The van der Waals surface area contributed by atoms with E-state index in [1.807, 2.05) is 11.4 Å². The zero-order chi connectivity index (χ0) is 16.0. The number of fused-ring (bicyclic) bond motifs is 1. The largest absolute Gasteiger partial charge is 0.455 e. The first-order valence-electron chi connectivity index (χ1n) is 7.37. The summed E-state index contributed by atoms with van der Waals surface area (Å²) in [5, 5.41) is 6.29. The maximum absolute atomic E-state index is 6.44. The van der Waals surface area contributed by atoms with Crippen LogP contribution in [0.3, 0.4) is 0 Å². The lowest BCUT2D eigenvalue weighted by Gasteiger charge is -2.06. The van der Waals surface area contributed by atoms with Gasteiger partial charge >= 0.3 is 0 Å². The van der Waals surface area contributed by atoms with E-state index >= 15 is 0 Å². The second-order valence-electron chi connectivity index (χ2n) is 5.98. The second-order valence-corrected chi connectivity index (χ2v) is 7.78. The number of halogens is 2. The van der Waals surface area contributed by atoms with E-state index in [0.717, 1.165) is 18.5 Å². The minimum atomic E-state index is -0.175. The van der Waals surface area contributed by atoms with Crippen molar-refractivity contribution in [2.24, 2.45) is 5.73 Å². The Morgan fingerprint density at radius 2 is 2.22 bits per heavy atom. The minimum absolute atomic E-state index is 0.175. The van der Waals surface area contributed by atoms with Gasteiger partial charge in [-0.1, -0.05) is 29.3 Å². The molecule has 3 N–H and O–H groups in total. The van der Waals surface area contributed by atoms with Gasteiger partial charge in [0.2, 0.25) is 0 Å². The molecule has 120 valence electrons. The van der Waals surface area contributed by atoms with Crippen molar-refractivity contribution >= 4 is 51.3 Å². The van der Waals surface area contributed by atoms with Crippen LogP contribution in [0.1, 0.15) is 23.5 Å². The number of rotatable bonds is 5. The van der Waals surface area contributed by atoms with Crippen molar-refractivity contribution in [3.63, 3.8) is 0 Å². The van der Waals surface area contributed by atoms with E-state index in [1.54, 1.807) is 17.4 Å². The summed E-state index contributed by atoms with van der Waals surface area (Å²) in [7, 11) is 0. The Morgan fingerprint density at radius 1 is 1.39 bits per heavy atom. The number of nitrogens with one attached hydrogen (secondary N) is 1. The van der Waals surface area contributed by atoms with Crippen LogP contribution in [-0.4, -0.2) is 10.5 Å². The van der Waals surface area contributed by atoms with Crippen LogP contribution in [0.25, 0.3) is 11.1 Å². The topological polar surface area (TPSA) is 64.1 Å². The molecule has 0 saturated heterocycles. The number of hydrogen-bond acceptors (Lipinski definition) is 5. The molecule has 0 radical (unpaired) electrons. The quantitative estimate of drug-likeness (QED) is 0.633. The normalized spacial score (nSPS) is 16.0. The highest BCUT2D eigenvalue weighted by molar-refractivity contribution is 7.09. The number of thiophene rings is 1. The SMILES string of the molecule is NC1(Cc2oc3c(NCc4cccs4)cc(Cl)nc3c2Cl)CC1. The van der Waals surface area contributed by atoms with Crippen molar-refractivity contribution in [2.45, 2.75) is 31.3 Å². The monoisotopic (exact) mass is 367 g/mol. The summed E-state index contributed by atoms with van der Waals surface area (Å²) in [6.07, 6.45) is 2.63. The van der Waals surface area contributed by atoms with Crippen LogP contribution in [0.2, 0.25) is 10.2 Å². The molecule has 3 aromatic heterocycles. The molecule has 7 heteroatoms. The van der Waals surface area contributed by atoms with Crippen LogP contribution in [0.4, 0.5) is 5.69 Å². The van der Waals surface area contributed by atoms with E-state index in [0.29, 0.717) is 40.0 Å². The standard InChI is InChI=1S/C16H15Cl2N3OS/c17-12-6-10(20-8-9-2-1-5-23-9)15-14(21-12)13(18)11(22-15)7-16(19)3-4-16/h1-2,5-6H,3-4,7-8,19H2,(H,20,21). The Labute approximate surface area is 147 Å². The van der Waals surface area contributed by atoms with Crippen molar-refractivity contribution in [1.82, 2.24) is 4.98 Å². The fourth-order valence-electron chi connectivity index (χ4n) is 2.55. The molecule has 0 bridgehead atoms. The molecular weight excluding hydrogens is 353 g/mol. The van der Waals surface area contributed by atoms with E-state index in [9.17, 15) is 0 Å². The Hall–Kier alpha value is -1.27. The van der Waals surface area contributed by atoms with Gasteiger partial charge < -0.3 is 15.5 Å². The van der Waals surface area contributed by atoms with Crippen LogP contribution in [0.5, 0.6) is 0 Å². The Balaban J connectivity index is 1.70. The van der Waals surface area contributed by atoms with Gasteiger partial charge in [-0.15, -0.1) is 11.3 Å². The predicted molar refractivity (Wildman–Crippen MR) is 95.5 cm³/mol. The smallest absolute Gasteiger partial charge is 0.177 e. The van der Waals surface area contributed by atoms with Crippen molar-refractivity contribution in [3.8, 4) is 0 Å². The average molecular weight is 368 g/mol. The van der Waals surface area contributed by atoms with Gasteiger partial charge in [-0.05, 0) is 24.3 Å². The molecule has 0 spiro atoms. The van der Waals surface area contributed by atoms with Gasteiger partial charge in [0.15, 0.2) is 5.58 Å². The van der Waals surface area contributed by atoms with Crippen molar-refractivity contribution in [3.05, 3.63) is 44.4 Å². The fourth-order valence-corrected chi connectivity index (χ4v) is 3.62. The van der Waals surface area contributed by atoms with Gasteiger partial charge in [0.25, 0.3) is 0 Å². The predicted octanol–water partition coefficient (Wildman–Crippen LogP) is 4.84. The van der Waals surface area contributed by atoms with Crippen LogP contribution < -0.4 is 11.1 Å².